The quantitative estimate of drug-likeness (QED) is 0.742. The lowest BCUT2D eigenvalue weighted by Gasteiger charge is -2.10. The fraction of sp³-hybridized carbons (Fsp3) is 0.176. The molecule has 0 aliphatic carbocycles. The first-order chi connectivity index (χ1) is 11.7. The number of rotatable bonds is 6. The Labute approximate surface area is 143 Å². The van der Waals surface area contributed by atoms with Crippen LogP contribution in [0, 0.1) is 0 Å². The Bertz CT molecular complexity index is 827. The van der Waals surface area contributed by atoms with Crippen molar-refractivity contribution in [2.24, 2.45) is 0 Å². The smallest absolute Gasteiger partial charge is 0.273 e. The predicted octanol–water partition coefficient (Wildman–Crippen LogP) is 3.35. The van der Waals surface area contributed by atoms with Crippen LogP contribution >= 0.6 is 11.3 Å². The second-order valence-corrected chi connectivity index (χ2v) is 5.86. The van der Waals surface area contributed by atoms with Gasteiger partial charge in [-0.1, -0.05) is 11.2 Å². The molecule has 0 fully saturated rings. The molecule has 2 aromatic heterocycles. The van der Waals surface area contributed by atoms with Crippen LogP contribution in [-0.4, -0.2) is 25.3 Å². The first-order valence-electron chi connectivity index (χ1n) is 7.21. The molecule has 6 nitrogen and oxygen atoms in total. The molecule has 0 aliphatic heterocycles. The third-order valence-corrected chi connectivity index (χ3v) is 4.32. The van der Waals surface area contributed by atoms with Crippen LogP contribution in [-0.2, 0) is 6.54 Å². The molecule has 0 spiro atoms. The molecule has 1 aromatic carbocycles. The van der Waals surface area contributed by atoms with Crippen molar-refractivity contribution in [3.05, 3.63) is 53.0 Å². The molecular weight excluding hydrogens is 328 g/mol. The Morgan fingerprint density at radius 2 is 2.12 bits per heavy atom. The molecule has 1 N–H and O–H groups in total. The molecule has 0 bridgehead atoms. The molecule has 0 aliphatic rings. The average molecular weight is 344 g/mol. The Morgan fingerprint density at radius 3 is 2.83 bits per heavy atom. The lowest BCUT2D eigenvalue weighted by Crippen LogP contribution is -2.23. The zero-order valence-electron chi connectivity index (χ0n) is 13.2. The normalized spacial score (nSPS) is 10.4. The van der Waals surface area contributed by atoms with Gasteiger partial charge in [-0.25, -0.2) is 0 Å². The molecule has 0 saturated heterocycles. The highest BCUT2D eigenvalue weighted by atomic mass is 32.1. The highest BCUT2D eigenvalue weighted by molar-refractivity contribution is 7.13. The number of hydrogen-bond donors (Lipinski definition) is 1. The zero-order valence-corrected chi connectivity index (χ0v) is 14.1. The number of amides is 1. The van der Waals surface area contributed by atoms with Crippen LogP contribution in [0.2, 0.25) is 0 Å². The number of methoxy groups -OCH3 is 2. The van der Waals surface area contributed by atoms with Gasteiger partial charge in [0.15, 0.2) is 11.5 Å². The second kappa shape index (κ2) is 7.18. The second-order valence-electron chi connectivity index (χ2n) is 4.91. The van der Waals surface area contributed by atoms with Crippen LogP contribution in [0.3, 0.4) is 0 Å². The molecule has 3 rings (SSSR count). The number of ether oxygens (including phenoxy) is 2. The molecular formula is C17H16N2O4S. The summed E-state index contributed by atoms with van der Waals surface area (Å²) >= 11 is 1.53. The summed E-state index contributed by atoms with van der Waals surface area (Å²) in [5, 5.41) is 8.57. The highest BCUT2D eigenvalue weighted by Gasteiger charge is 2.15. The van der Waals surface area contributed by atoms with Crippen LogP contribution < -0.4 is 14.8 Å². The van der Waals surface area contributed by atoms with Crippen LogP contribution in [0.25, 0.3) is 10.6 Å². The Hall–Kier alpha value is -2.80. The van der Waals surface area contributed by atoms with Gasteiger partial charge in [-0.05, 0) is 23.6 Å². The van der Waals surface area contributed by atoms with E-state index in [4.69, 9.17) is 14.0 Å². The van der Waals surface area contributed by atoms with Gasteiger partial charge in [-0.2, -0.15) is 0 Å². The summed E-state index contributed by atoms with van der Waals surface area (Å²) in [6, 6.07) is 10.9. The SMILES string of the molecule is COc1ccc(CNC(=O)c2cc(-c3cccs3)on2)c(OC)c1. The van der Waals surface area contributed by atoms with Gasteiger partial charge in [-0.15, -0.1) is 11.3 Å². The van der Waals surface area contributed by atoms with Gasteiger partial charge >= 0.3 is 0 Å². The predicted molar refractivity (Wildman–Crippen MR) is 90.5 cm³/mol. The van der Waals surface area contributed by atoms with E-state index in [1.807, 2.05) is 29.6 Å². The number of carbonyl (C=O) groups is 1. The lowest BCUT2D eigenvalue weighted by molar-refractivity contribution is 0.0941. The summed E-state index contributed by atoms with van der Waals surface area (Å²) in [5.74, 6) is 1.62. The van der Waals surface area contributed by atoms with E-state index in [1.165, 1.54) is 11.3 Å². The standard InChI is InChI=1S/C17H16N2O4S/c1-21-12-6-5-11(14(8-12)22-2)10-18-17(20)13-9-15(23-19-13)16-4-3-7-24-16/h3-9H,10H2,1-2H3,(H,18,20). The Kier molecular flexibility index (Phi) is 4.81. The van der Waals surface area contributed by atoms with Crippen LogP contribution in [0.5, 0.6) is 11.5 Å². The summed E-state index contributed by atoms with van der Waals surface area (Å²) in [6.07, 6.45) is 0. The maximum Gasteiger partial charge on any atom is 0.273 e. The van der Waals surface area contributed by atoms with Crippen molar-refractivity contribution in [3.63, 3.8) is 0 Å². The van der Waals surface area contributed by atoms with E-state index >= 15 is 0 Å². The third kappa shape index (κ3) is 3.41. The van der Waals surface area contributed by atoms with E-state index in [0.29, 0.717) is 23.8 Å². The molecule has 7 heteroatoms. The fourth-order valence-corrected chi connectivity index (χ4v) is 2.85. The van der Waals surface area contributed by atoms with E-state index in [2.05, 4.69) is 10.5 Å². The van der Waals surface area contributed by atoms with Crippen molar-refractivity contribution in [2.45, 2.75) is 6.54 Å². The van der Waals surface area contributed by atoms with E-state index < -0.39 is 0 Å². The molecule has 3 aromatic rings. The van der Waals surface area contributed by atoms with E-state index in [0.717, 1.165) is 10.4 Å². The first-order valence-corrected chi connectivity index (χ1v) is 8.09. The summed E-state index contributed by atoms with van der Waals surface area (Å²) in [7, 11) is 3.16. The molecule has 0 saturated carbocycles. The maximum absolute atomic E-state index is 12.2. The van der Waals surface area contributed by atoms with Gasteiger partial charge in [-0.3, -0.25) is 4.79 Å². The van der Waals surface area contributed by atoms with Crippen LogP contribution in [0.1, 0.15) is 16.1 Å². The van der Waals surface area contributed by atoms with Gasteiger partial charge in [0, 0.05) is 24.2 Å². The van der Waals surface area contributed by atoms with Crippen molar-refractivity contribution in [1.82, 2.24) is 10.5 Å². The topological polar surface area (TPSA) is 73.6 Å². The van der Waals surface area contributed by atoms with Gasteiger partial charge < -0.3 is 19.3 Å². The Balaban J connectivity index is 1.68. The molecule has 0 radical (unpaired) electrons. The minimum absolute atomic E-state index is 0.242. The van der Waals surface area contributed by atoms with E-state index in [1.54, 1.807) is 26.4 Å². The number of carbonyl (C=O) groups excluding carboxylic acids is 1. The number of nitrogens with zero attached hydrogens (tertiary/aromatic N) is 1. The van der Waals surface area contributed by atoms with Crippen molar-refractivity contribution < 1.29 is 18.8 Å². The third-order valence-electron chi connectivity index (χ3n) is 3.44. The van der Waals surface area contributed by atoms with Crippen LogP contribution in [0.15, 0.2) is 46.3 Å². The monoisotopic (exact) mass is 344 g/mol. The first kappa shape index (κ1) is 16.1. The number of nitrogens with one attached hydrogen (secondary N) is 1. The summed E-state index contributed by atoms with van der Waals surface area (Å²) in [5.41, 5.74) is 1.08. The molecule has 24 heavy (non-hydrogen) atoms. The molecule has 124 valence electrons. The largest absolute Gasteiger partial charge is 0.497 e. The minimum Gasteiger partial charge on any atom is -0.497 e. The molecule has 2 heterocycles. The summed E-state index contributed by atoms with van der Waals surface area (Å²) in [6.45, 7) is 0.313. The Morgan fingerprint density at radius 1 is 1.25 bits per heavy atom. The summed E-state index contributed by atoms with van der Waals surface area (Å²) < 4.78 is 15.7. The molecule has 0 atom stereocenters. The van der Waals surface area contributed by atoms with Crippen molar-refractivity contribution in [3.8, 4) is 22.1 Å². The average Bonchev–Trinajstić information content (AvgIpc) is 3.30. The number of benzene rings is 1. The van der Waals surface area contributed by atoms with E-state index in [9.17, 15) is 4.79 Å². The van der Waals surface area contributed by atoms with Gasteiger partial charge in [0.25, 0.3) is 5.91 Å². The number of thiophene rings is 1. The number of hydrogen-bond acceptors (Lipinski definition) is 6. The maximum atomic E-state index is 12.2. The highest BCUT2D eigenvalue weighted by Crippen LogP contribution is 2.26. The minimum atomic E-state index is -0.306. The van der Waals surface area contributed by atoms with Crippen molar-refractivity contribution in [2.75, 3.05) is 14.2 Å². The van der Waals surface area contributed by atoms with Crippen molar-refractivity contribution in [1.29, 1.82) is 0 Å². The summed E-state index contributed by atoms with van der Waals surface area (Å²) in [4.78, 5) is 13.2. The van der Waals surface area contributed by atoms with E-state index in [-0.39, 0.29) is 11.6 Å². The van der Waals surface area contributed by atoms with Gasteiger partial charge in [0.2, 0.25) is 0 Å². The lowest BCUT2D eigenvalue weighted by atomic mass is 10.2. The van der Waals surface area contributed by atoms with Crippen LogP contribution in [0.4, 0.5) is 0 Å². The van der Waals surface area contributed by atoms with Crippen molar-refractivity contribution >= 4 is 17.2 Å². The van der Waals surface area contributed by atoms with Gasteiger partial charge in [0.05, 0.1) is 19.1 Å². The van der Waals surface area contributed by atoms with Gasteiger partial charge in [0.1, 0.15) is 11.5 Å². The fourth-order valence-electron chi connectivity index (χ4n) is 2.18. The molecule has 1 amide bonds. The molecule has 0 unspecified atom stereocenters. The zero-order chi connectivity index (χ0) is 16.9. The number of aromatic nitrogens is 1.